The third-order valence-corrected chi connectivity index (χ3v) is 2.27. The van der Waals surface area contributed by atoms with Crippen molar-refractivity contribution in [1.29, 1.82) is 0 Å². The van der Waals surface area contributed by atoms with Crippen LogP contribution in [0.1, 0.15) is 19.4 Å². The molecule has 0 amide bonds. The van der Waals surface area contributed by atoms with E-state index in [-0.39, 0.29) is 0 Å². The van der Waals surface area contributed by atoms with Crippen molar-refractivity contribution in [3.8, 4) is 11.5 Å². The van der Waals surface area contributed by atoms with E-state index in [1.807, 2.05) is 25.1 Å². The zero-order valence-corrected chi connectivity index (χ0v) is 10.7. The predicted octanol–water partition coefficient (Wildman–Crippen LogP) is 2.76. The summed E-state index contributed by atoms with van der Waals surface area (Å²) in [4.78, 5) is 0. The van der Waals surface area contributed by atoms with Gasteiger partial charge in [0.2, 0.25) is 0 Å². The van der Waals surface area contributed by atoms with Gasteiger partial charge in [0.05, 0.1) is 6.61 Å². The summed E-state index contributed by atoms with van der Waals surface area (Å²) in [5, 5.41) is 3.29. The van der Waals surface area contributed by atoms with E-state index in [0.717, 1.165) is 30.2 Å². The molecule has 0 aliphatic rings. The molecule has 1 N–H and O–H groups in total. The molecule has 0 heterocycles. The lowest BCUT2D eigenvalue weighted by Crippen LogP contribution is -2.13. The summed E-state index contributed by atoms with van der Waals surface area (Å²) in [6.07, 6.45) is 1.74. The van der Waals surface area contributed by atoms with Crippen LogP contribution in [0.5, 0.6) is 11.5 Å². The zero-order chi connectivity index (χ0) is 12.5. The minimum atomic E-state index is 0.489. The second-order valence-electron chi connectivity index (χ2n) is 3.56. The van der Waals surface area contributed by atoms with E-state index >= 15 is 0 Å². The fraction of sp³-hybridized carbons (Fsp3) is 0.429. The highest BCUT2D eigenvalue weighted by Gasteiger charge is 2.09. The van der Waals surface area contributed by atoms with Crippen LogP contribution in [0.3, 0.4) is 0 Å². The Labute approximate surface area is 103 Å². The molecule has 0 fully saturated rings. The number of hydrogen-bond donors (Lipinski definition) is 1. The Hall–Kier alpha value is -1.48. The first-order chi connectivity index (χ1) is 8.33. The lowest BCUT2D eigenvalue weighted by molar-refractivity contribution is 0.294. The molecule has 3 heteroatoms. The van der Waals surface area contributed by atoms with Crippen LogP contribution in [-0.2, 0) is 6.54 Å². The maximum Gasteiger partial charge on any atom is 0.166 e. The number of hydrogen-bond acceptors (Lipinski definition) is 3. The first-order valence-corrected chi connectivity index (χ1v) is 6.02. The van der Waals surface area contributed by atoms with Gasteiger partial charge in [0.25, 0.3) is 0 Å². The van der Waals surface area contributed by atoms with Crippen molar-refractivity contribution in [2.24, 2.45) is 0 Å². The Morgan fingerprint density at radius 2 is 2.12 bits per heavy atom. The van der Waals surface area contributed by atoms with Crippen molar-refractivity contribution >= 4 is 0 Å². The van der Waals surface area contributed by atoms with E-state index in [1.54, 1.807) is 6.08 Å². The minimum Gasteiger partial charge on any atom is -0.490 e. The second-order valence-corrected chi connectivity index (χ2v) is 3.56. The fourth-order valence-corrected chi connectivity index (χ4v) is 1.54. The van der Waals surface area contributed by atoms with Gasteiger partial charge in [-0.1, -0.05) is 31.7 Å². The molecule has 1 aromatic carbocycles. The lowest BCUT2D eigenvalue weighted by atomic mass is 10.2. The Morgan fingerprint density at radius 3 is 2.76 bits per heavy atom. The smallest absolute Gasteiger partial charge is 0.166 e. The van der Waals surface area contributed by atoms with Crippen LogP contribution in [-0.4, -0.2) is 19.8 Å². The summed E-state index contributed by atoms with van der Waals surface area (Å²) in [7, 11) is 0. The molecule has 0 spiro atoms. The number of nitrogens with one attached hydrogen (secondary N) is 1. The third-order valence-electron chi connectivity index (χ3n) is 2.27. The van der Waals surface area contributed by atoms with Crippen molar-refractivity contribution in [3.63, 3.8) is 0 Å². The SMILES string of the molecule is C=CCOc1c(CNCC)cccc1OCC. The topological polar surface area (TPSA) is 30.5 Å². The Kier molecular flexibility index (Phi) is 6.18. The molecule has 0 saturated heterocycles. The summed E-state index contributed by atoms with van der Waals surface area (Å²) < 4.78 is 11.3. The van der Waals surface area contributed by atoms with E-state index < -0.39 is 0 Å². The highest BCUT2D eigenvalue weighted by molar-refractivity contribution is 5.46. The van der Waals surface area contributed by atoms with Crippen LogP contribution in [0.4, 0.5) is 0 Å². The van der Waals surface area contributed by atoms with E-state index in [1.165, 1.54) is 0 Å². The molecule has 1 aromatic rings. The maximum atomic E-state index is 5.68. The molecular weight excluding hydrogens is 214 g/mol. The highest BCUT2D eigenvalue weighted by Crippen LogP contribution is 2.31. The highest BCUT2D eigenvalue weighted by atomic mass is 16.5. The quantitative estimate of drug-likeness (QED) is 0.703. The monoisotopic (exact) mass is 235 g/mol. The summed E-state index contributed by atoms with van der Waals surface area (Å²) in [6, 6.07) is 5.96. The Bertz CT molecular complexity index is 350. The van der Waals surface area contributed by atoms with E-state index in [2.05, 4.69) is 18.8 Å². The molecular formula is C14H21NO2. The van der Waals surface area contributed by atoms with Gasteiger partial charge in [0, 0.05) is 12.1 Å². The molecule has 0 radical (unpaired) electrons. The molecule has 1 rings (SSSR count). The molecule has 0 aliphatic carbocycles. The van der Waals surface area contributed by atoms with Gasteiger partial charge in [0.1, 0.15) is 6.61 Å². The van der Waals surface area contributed by atoms with Gasteiger partial charge in [-0.2, -0.15) is 0 Å². The van der Waals surface area contributed by atoms with Gasteiger partial charge in [-0.25, -0.2) is 0 Å². The zero-order valence-electron chi connectivity index (χ0n) is 10.7. The van der Waals surface area contributed by atoms with Crippen LogP contribution in [0, 0.1) is 0 Å². The van der Waals surface area contributed by atoms with Gasteiger partial charge < -0.3 is 14.8 Å². The van der Waals surface area contributed by atoms with E-state index in [4.69, 9.17) is 9.47 Å². The Balaban J connectivity index is 2.91. The van der Waals surface area contributed by atoms with Gasteiger partial charge in [0.15, 0.2) is 11.5 Å². The minimum absolute atomic E-state index is 0.489. The third kappa shape index (κ3) is 4.11. The number of rotatable bonds is 8. The lowest BCUT2D eigenvalue weighted by Gasteiger charge is -2.15. The predicted molar refractivity (Wildman–Crippen MR) is 70.7 cm³/mol. The van der Waals surface area contributed by atoms with Crippen molar-refractivity contribution in [1.82, 2.24) is 5.32 Å². The normalized spacial score (nSPS) is 10.0. The van der Waals surface area contributed by atoms with E-state index in [9.17, 15) is 0 Å². The molecule has 0 unspecified atom stereocenters. The summed E-state index contributed by atoms with van der Waals surface area (Å²) in [5.41, 5.74) is 1.11. The molecule has 17 heavy (non-hydrogen) atoms. The second kappa shape index (κ2) is 7.74. The first-order valence-electron chi connectivity index (χ1n) is 6.02. The standard InChI is InChI=1S/C14H21NO2/c1-4-10-17-14-12(11-15-5-2)8-7-9-13(14)16-6-3/h4,7-9,15H,1,5-6,10-11H2,2-3H3. The fourth-order valence-electron chi connectivity index (χ4n) is 1.54. The van der Waals surface area contributed by atoms with Gasteiger partial charge in [-0.3, -0.25) is 0 Å². The van der Waals surface area contributed by atoms with Gasteiger partial charge >= 0.3 is 0 Å². The average molecular weight is 235 g/mol. The van der Waals surface area contributed by atoms with Crippen LogP contribution >= 0.6 is 0 Å². The van der Waals surface area contributed by atoms with Crippen molar-refractivity contribution < 1.29 is 9.47 Å². The molecule has 3 nitrogen and oxygen atoms in total. The van der Waals surface area contributed by atoms with Crippen LogP contribution in [0.25, 0.3) is 0 Å². The Morgan fingerprint density at radius 1 is 1.29 bits per heavy atom. The van der Waals surface area contributed by atoms with Gasteiger partial charge in [-0.05, 0) is 19.5 Å². The molecule has 0 aliphatic heterocycles. The van der Waals surface area contributed by atoms with Crippen LogP contribution < -0.4 is 14.8 Å². The molecule has 94 valence electrons. The van der Waals surface area contributed by atoms with Crippen molar-refractivity contribution in [2.45, 2.75) is 20.4 Å². The van der Waals surface area contributed by atoms with Crippen molar-refractivity contribution in [2.75, 3.05) is 19.8 Å². The van der Waals surface area contributed by atoms with Crippen LogP contribution in [0.15, 0.2) is 30.9 Å². The van der Waals surface area contributed by atoms with Crippen LogP contribution in [0.2, 0.25) is 0 Å². The van der Waals surface area contributed by atoms with Crippen molar-refractivity contribution in [3.05, 3.63) is 36.4 Å². The largest absolute Gasteiger partial charge is 0.490 e. The number of benzene rings is 1. The number of ether oxygens (including phenoxy) is 2. The average Bonchev–Trinajstić information content (AvgIpc) is 2.35. The maximum absolute atomic E-state index is 5.68. The molecule has 0 saturated carbocycles. The molecule has 0 aromatic heterocycles. The first kappa shape index (κ1) is 13.6. The summed E-state index contributed by atoms with van der Waals surface area (Å²) in [6.45, 7) is 10.5. The summed E-state index contributed by atoms with van der Waals surface area (Å²) in [5.74, 6) is 1.61. The number of para-hydroxylation sites is 1. The summed E-state index contributed by atoms with van der Waals surface area (Å²) >= 11 is 0. The molecule has 0 atom stereocenters. The molecule has 0 bridgehead atoms. The van der Waals surface area contributed by atoms with E-state index in [0.29, 0.717) is 13.2 Å². The van der Waals surface area contributed by atoms with Gasteiger partial charge in [-0.15, -0.1) is 0 Å².